The molecule has 0 fully saturated rings. The summed E-state index contributed by atoms with van der Waals surface area (Å²) in [7, 11) is 0. The Morgan fingerprint density at radius 3 is 2.32 bits per heavy atom. The van der Waals surface area contributed by atoms with Crippen LogP contribution in [-0.4, -0.2) is 10.8 Å². The van der Waals surface area contributed by atoms with Gasteiger partial charge in [-0.3, -0.25) is 0 Å². The average Bonchev–Trinajstić information content (AvgIpc) is 2.90. The number of hydrogen-bond donors (Lipinski definition) is 0. The first-order chi connectivity index (χ1) is 10.9. The third-order valence-corrected chi connectivity index (χ3v) is 4.94. The van der Waals surface area contributed by atoms with Gasteiger partial charge in [0.1, 0.15) is 0 Å². The van der Waals surface area contributed by atoms with E-state index in [4.69, 9.17) is 0 Å². The Labute approximate surface area is 134 Å². The average molecular weight is 303 g/mol. The lowest BCUT2D eigenvalue weighted by Gasteiger charge is -2.08. The zero-order chi connectivity index (χ0) is 14.9. The van der Waals surface area contributed by atoms with Gasteiger partial charge in [0.25, 0.3) is 0 Å². The molecule has 0 aliphatic carbocycles. The molecule has 1 heterocycles. The van der Waals surface area contributed by atoms with E-state index in [1.54, 1.807) is 0 Å². The van der Waals surface area contributed by atoms with Crippen molar-refractivity contribution in [1.82, 2.24) is 4.57 Å². The van der Waals surface area contributed by atoms with Gasteiger partial charge in [-0.05, 0) is 30.0 Å². The van der Waals surface area contributed by atoms with E-state index in [0.29, 0.717) is 0 Å². The van der Waals surface area contributed by atoms with Crippen LogP contribution < -0.4 is 0 Å². The lowest BCUT2D eigenvalue weighted by atomic mass is 10.1. The van der Waals surface area contributed by atoms with Crippen molar-refractivity contribution in [3.05, 3.63) is 78.4 Å². The van der Waals surface area contributed by atoms with Crippen LogP contribution in [0.2, 0.25) is 0 Å². The van der Waals surface area contributed by atoms with Crippen LogP contribution in [-0.2, 0) is 6.54 Å². The van der Waals surface area contributed by atoms with E-state index in [9.17, 15) is 0 Å². The summed E-state index contributed by atoms with van der Waals surface area (Å²) in [6, 6.07) is 26.0. The maximum Gasteiger partial charge on any atom is 0.0505 e. The molecule has 0 saturated carbocycles. The van der Waals surface area contributed by atoms with E-state index in [-0.39, 0.29) is 0 Å². The third kappa shape index (κ3) is 2.11. The molecule has 1 nitrogen and oxygen atoms in total. The predicted molar refractivity (Wildman–Crippen MR) is 96.8 cm³/mol. The maximum absolute atomic E-state index is 2.43. The molecule has 0 N–H and O–H groups in total. The van der Waals surface area contributed by atoms with Crippen LogP contribution in [0, 0.1) is 0 Å². The van der Waals surface area contributed by atoms with E-state index in [2.05, 4.69) is 83.6 Å². The molecule has 3 aromatic carbocycles. The van der Waals surface area contributed by atoms with Gasteiger partial charge in [0.05, 0.1) is 5.52 Å². The van der Waals surface area contributed by atoms with Gasteiger partial charge in [-0.1, -0.05) is 54.6 Å². The lowest BCUT2D eigenvalue weighted by molar-refractivity contribution is 0.868. The number of para-hydroxylation sites is 1. The number of aromatic nitrogens is 1. The van der Waals surface area contributed by atoms with Crippen molar-refractivity contribution in [3.63, 3.8) is 0 Å². The van der Waals surface area contributed by atoms with Crippen LogP contribution in [0.1, 0.15) is 5.56 Å². The highest BCUT2D eigenvalue weighted by Crippen LogP contribution is 2.35. The Balaban J connectivity index is 2.03. The normalized spacial score (nSPS) is 11.3. The van der Waals surface area contributed by atoms with Crippen molar-refractivity contribution in [2.75, 3.05) is 6.26 Å². The molecule has 0 atom stereocenters. The molecular weight excluding hydrogens is 286 g/mol. The Kier molecular flexibility index (Phi) is 3.39. The smallest absolute Gasteiger partial charge is 0.0505 e. The maximum atomic E-state index is 2.43. The van der Waals surface area contributed by atoms with Gasteiger partial charge >= 0.3 is 0 Å². The van der Waals surface area contributed by atoms with Crippen LogP contribution in [0.5, 0.6) is 0 Å². The van der Waals surface area contributed by atoms with Crippen molar-refractivity contribution in [3.8, 4) is 0 Å². The van der Waals surface area contributed by atoms with Crippen molar-refractivity contribution >= 4 is 33.6 Å². The summed E-state index contributed by atoms with van der Waals surface area (Å²) < 4.78 is 2.43. The summed E-state index contributed by atoms with van der Waals surface area (Å²) in [6.07, 6.45) is 2.15. The number of fused-ring (bicyclic) bond motifs is 3. The minimum Gasteiger partial charge on any atom is -0.336 e. The van der Waals surface area contributed by atoms with E-state index in [1.807, 2.05) is 11.8 Å². The predicted octanol–water partition coefficient (Wildman–Crippen LogP) is 5.56. The number of thioether (sulfide) groups is 1. The van der Waals surface area contributed by atoms with Gasteiger partial charge in [0.2, 0.25) is 0 Å². The molecule has 0 spiro atoms. The molecule has 0 unspecified atom stereocenters. The molecule has 1 aromatic heterocycles. The second kappa shape index (κ2) is 5.54. The van der Waals surface area contributed by atoms with Gasteiger partial charge in [-0.15, -0.1) is 11.8 Å². The van der Waals surface area contributed by atoms with Crippen LogP contribution >= 0.6 is 11.8 Å². The minimum absolute atomic E-state index is 0.905. The molecule has 0 bridgehead atoms. The van der Waals surface area contributed by atoms with Gasteiger partial charge in [-0.25, -0.2) is 0 Å². The van der Waals surface area contributed by atoms with E-state index >= 15 is 0 Å². The molecule has 0 radical (unpaired) electrons. The first-order valence-corrected chi connectivity index (χ1v) is 8.69. The first-order valence-electron chi connectivity index (χ1n) is 7.46. The van der Waals surface area contributed by atoms with E-state index < -0.39 is 0 Å². The van der Waals surface area contributed by atoms with Gasteiger partial charge < -0.3 is 4.57 Å². The van der Waals surface area contributed by atoms with Gasteiger partial charge in [-0.2, -0.15) is 0 Å². The second-order valence-corrected chi connectivity index (χ2v) is 6.29. The topological polar surface area (TPSA) is 4.93 Å². The molecular formula is C20H17NS. The summed E-state index contributed by atoms with van der Waals surface area (Å²) in [5.74, 6) is 0. The number of benzene rings is 3. The number of rotatable bonds is 3. The largest absolute Gasteiger partial charge is 0.336 e. The van der Waals surface area contributed by atoms with Crippen molar-refractivity contribution in [2.45, 2.75) is 11.4 Å². The number of hydrogen-bond acceptors (Lipinski definition) is 1. The standard InChI is InChI=1S/C20H17NS/c1-22-19-13-7-12-18-20(19)16-10-5-6-11-17(16)21(18)14-15-8-3-2-4-9-15/h2-13H,14H2,1H3. The SMILES string of the molecule is CSc1cccc2c1c1ccccc1n2Cc1ccccc1. The highest BCUT2D eigenvalue weighted by molar-refractivity contribution is 7.98. The van der Waals surface area contributed by atoms with Crippen LogP contribution in [0.15, 0.2) is 77.7 Å². The zero-order valence-corrected chi connectivity index (χ0v) is 13.3. The summed E-state index contributed by atoms with van der Waals surface area (Å²) >= 11 is 1.82. The molecule has 108 valence electrons. The third-order valence-electron chi connectivity index (χ3n) is 4.16. The summed E-state index contributed by atoms with van der Waals surface area (Å²) in [4.78, 5) is 1.35. The fraction of sp³-hybridized carbons (Fsp3) is 0.100. The fourth-order valence-electron chi connectivity index (χ4n) is 3.17. The summed E-state index contributed by atoms with van der Waals surface area (Å²) in [5, 5.41) is 2.72. The van der Waals surface area contributed by atoms with Gasteiger partial charge in [0, 0.05) is 27.7 Å². The minimum atomic E-state index is 0.905. The Hall–Kier alpha value is -2.19. The highest BCUT2D eigenvalue weighted by Gasteiger charge is 2.13. The Bertz CT molecular complexity index is 938. The molecule has 4 aromatic rings. The second-order valence-electron chi connectivity index (χ2n) is 5.44. The summed E-state index contributed by atoms with van der Waals surface area (Å²) in [5.41, 5.74) is 3.96. The van der Waals surface area contributed by atoms with Crippen molar-refractivity contribution < 1.29 is 0 Å². The van der Waals surface area contributed by atoms with E-state index in [0.717, 1.165) is 6.54 Å². The Morgan fingerprint density at radius 2 is 1.50 bits per heavy atom. The molecule has 4 rings (SSSR count). The molecule has 0 aliphatic rings. The van der Waals surface area contributed by atoms with Crippen molar-refractivity contribution in [1.29, 1.82) is 0 Å². The molecule has 0 saturated heterocycles. The molecule has 0 amide bonds. The van der Waals surface area contributed by atoms with Gasteiger partial charge in [0.15, 0.2) is 0 Å². The Morgan fingerprint density at radius 1 is 0.773 bits per heavy atom. The van der Waals surface area contributed by atoms with E-state index in [1.165, 1.54) is 32.3 Å². The van der Waals surface area contributed by atoms with Crippen LogP contribution in [0.25, 0.3) is 21.8 Å². The lowest BCUT2D eigenvalue weighted by Crippen LogP contribution is -1.98. The van der Waals surface area contributed by atoms with Crippen LogP contribution in [0.3, 0.4) is 0 Å². The summed E-state index contributed by atoms with van der Waals surface area (Å²) in [6.45, 7) is 0.905. The van der Waals surface area contributed by atoms with Crippen LogP contribution in [0.4, 0.5) is 0 Å². The fourth-order valence-corrected chi connectivity index (χ4v) is 3.81. The molecule has 0 aliphatic heterocycles. The highest BCUT2D eigenvalue weighted by atomic mass is 32.2. The van der Waals surface area contributed by atoms with Crippen molar-refractivity contribution in [2.24, 2.45) is 0 Å². The molecule has 22 heavy (non-hydrogen) atoms. The number of nitrogens with zero attached hydrogens (tertiary/aromatic N) is 1. The first kappa shape index (κ1) is 13.5. The molecule has 2 heteroatoms. The monoisotopic (exact) mass is 303 g/mol. The zero-order valence-electron chi connectivity index (χ0n) is 12.5. The quantitative estimate of drug-likeness (QED) is 0.448.